The van der Waals surface area contributed by atoms with Crippen molar-refractivity contribution in [3.05, 3.63) is 167 Å². The monoisotopic (exact) mass is 664 g/mol. The zero-order valence-corrected chi connectivity index (χ0v) is 27.9. The SMILES string of the molecule is Cc1cc(N(c2ccc3oc4ccccc4c3c2)c2c(C)cccc2F)c(Cl)c(N(c2c(C)cccc2F)c2cccc3ccccc23)c1. The van der Waals surface area contributed by atoms with Crippen LogP contribution >= 0.6 is 11.6 Å². The predicted molar refractivity (Wildman–Crippen MR) is 200 cm³/mol. The number of aryl methyl sites for hydroxylation is 3. The molecule has 49 heavy (non-hydrogen) atoms. The van der Waals surface area contributed by atoms with E-state index in [4.69, 9.17) is 16.0 Å². The van der Waals surface area contributed by atoms with Gasteiger partial charge in [-0.25, -0.2) is 8.78 Å². The van der Waals surface area contributed by atoms with Crippen LogP contribution in [0.25, 0.3) is 32.7 Å². The average Bonchev–Trinajstić information content (AvgIpc) is 3.47. The van der Waals surface area contributed by atoms with Crippen molar-refractivity contribution in [2.45, 2.75) is 20.8 Å². The third-order valence-corrected chi connectivity index (χ3v) is 9.50. The molecule has 1 aromatic heterocycles. The average molecular weight is 665 g/mol. The van der Waals surface area contributed by atoms with Crippen molar-refractivity contribution >= 4 is 78.4 Å². The maximum atomic E-state index is 16.1. The highest BCUT2D eigenvalue weighted by molar-refractivity contribution is 6.37. The lowest BCUT2D eigenvalue weighted by Crippen LogP contribution is -2.18. The Bertz CT molecular complexity index is 2510. The number of furan rings is 1. The van der Waals surface area contributed by atoms with Gasteiger partial charge in [-0.1, -0.05) is 90.5 Å². The quantitative estimate of drug-likeness (QED) is 0.176. The number of fused-ring (bicyclic) bond motifs is 4. The molecule has 1 heterocycles. The molecule has 0 unspecified atom stereocenters. The second-order valence-electron chi connectivity index (χ2n) is 12.4. The smallest absolute Gasteiger partial charge is 0.147 e. The van der Waals surface area contributed by atoms with Gasteiger partial charge in [-0.2, -0.15) is 0 Å². The van der Waals surface area contributed by atoms with Crippen LogP contribution in [0.3, 0.4) is 0 Å². The summed E-state index contributed by atoms with van der Waals surface area (Å²) in [5.41, 5.74) is 7.17. The van der Waals surface area contributed by atoms with E-state index in [-0.39, 0.29) is 5.82 Å². The maximum Gasteiger partial charge on any atom is 0.147 e. The standard InChI is InChI=1S/C43H31ClF2N2O/c1-26-23-37(47(42-27(2)11-8-17-34(42)45)30-21-22-40-33(25-30)32-16-6-7-20-39(32)49-40)41(44)38(24-26)48(43-28(3)12-9-18-35(43)46)36-19-10-14-29-13-4-5-15-31(29)36/h4-25H,1-3H3. The zero-order valence-electron chi connectivity index (χ0n) is 27.1. The molecule has 7 aromatic carbocycles. The van der Waals surface area contributed by atoms with Crippen molar-refractivity contribution in [1.29, 1.82) is 0 Å². The van der Waals surface area contributed by atoms with Crippen LogP contribution in [0.4, 0.5) is 42.9 Å². The van der Waals surface area contributed by atoms with Gasteiger partial charge in [0.1, 0.15) is 22.8 Å². The summed E-state index contributed by atoms with van der Waals surface area (Å²) in [6, 6.07) is 41.7. The summed E-state index contributed by atoms with van der Waals surface area (Å²) in [4.78, 5) is 3.76. The minimum Gasteiger partial charge on any atom is -0.456 e. The van der Waals surface area contributed by atoms with E-state index in [9.17, 15) is 0 Å². The molecule has 3 nitrogen and oxygen atoms in total. The van der Waals surface area contributed by atoms with Gasteiger partial charge in [-0.05, 0) is 97.4 Å². The van der Waals surface area contributed by atoms with Gasteiger partial charge >= 0.3 is 0 Å². The second kappa shape index (κ2) is 12.1. The molecule has 240 valence electrons. The van der Waals surface area contributed by atoms with E-state index in [0.29, 0.717) is 33.5 Å². The molecule has 6 heteroatoms. The molecule has 0 aliphatic carbocycles. The second-order valence-corrected chi connectivity index (χ2v) is 12.8. The third kappa shape index (κ3) is 5.18. The van der Waals surface area contributed by atoms with Crippen molar-refractivity contribution < 1.29 is 13.2 Å². The van der Waals surface area contributed by atoms with Gasteiger partial charge in [0.2, 0.25) is 0 Å². The molecule has 0 bridgehead atoms. The fraction of sp³-hybridized carbons (Fsp3) is 0.0698. The van der Waals surface area contributed by atoms with Crippen molar-refractivity contribution in [3.63, 3.8) is 0 Å². The highest BCUT2D eigenvalue weighted by atomic mass is 35.5. The first kappa shape index (κ1) is 30.7. The number of hydrogen-bond donors (Lipinski definition) is 0. The van der Waals surface area contributed by atoms with Crippen molar-refractivity contribution in [3.8, 4) is 0 Å². The summed E-state index contributed by atoms with van der Waals surface area (Å²) in [6.07, 6.45) is 0. The lowest BCUT2D eigenvalue weighted by atomic mass is 10.0. The van der Waals surface area contributed by atoms with Crippen LogP contribution in [0.15, 0.2) is 138 Å². The number of nitrogens with zero attached hydrogens (tertiary/aromatic N) is 2. The van der Waals surface area contributed by atoms with E-state index in [1.807, 2.05) is 140 Å². The Morgan fingerprint density at radius 2 is 1.08 bits per heavy atom. The van der Waals surface area contributed by atoms with Gasteiger partial charge in [0.05, 0.1) is 33.5 Å². The van der Waals surface area contributed by atoms with Gasteiger partial charge in [0.25, 0.3) is 0 Å². The number of halogens is 3. The zero-order chi connectivity index (χ0) is 33.8. The molecule has 0 saturated heterocycles. The summed E-state index contributed by atoms with van der Waals surface area (Å²) in [5, 5.41) is 4.13. The Labute approximate surface area is 288 Å². The van der Waals surface area contributed by atoms with Crippen molar-refractivity contribution in [2.75, 3.05) is 9.80 Å². The van der Waals surface area contributed by atoms with Crippen LogP contribution < -0.4 is 9.80 Å². The first-order chi connectivity index (χ1) is 23.8. The molecule has 0 N–H and O–H groups in total. The Balaban J connectivity index is 1.44. The molecule has 8 rings (SSSR count). The minimum atomic E-state index is -0.396. The van der Waals surface area contributed by atoms with E-state index >= 15 is 8.78 Å². The summed E-state index contributed by atoms with van der Waals surface area (Å²) in [6.45, 7) is 5.74. The molecule has 0 spiro atoms. The molecular formula is C43H31ClF2N2O. The molecule has 0 fully saturated rings. The van der Waals surface area contributed by atoms with Crippen LogP contribution in [-0.2, 0) is 0 Å². The van der Waals surface area contributed by atoms with E-state index < -0.39 is 5.82 Å². The van der Waals surface area contributed by atoms with Crippen LogP contribution in [0, 0.1) is 32.4 Å². The Morgan fingerprint density at radius 1 is 0.510 bits per heavy atom. The van der Waals surface area contributed by atoms with E-state index in [0.717, 1.165) is 55.1 Å². The van der Waals surface area contributed by atoms with Gasteiger partial charge in [0.15, 0.2) is 0 Å². The maximum absolute atomic E-state index is 16.1. The fourth-order valence-electron chi connectivity index (χ4n) is 6.88. The van der Waals surface area contributed by atoms with Crippen LogP contribution in [-0.4, -0.2) is 0 Å². The van der Waals surface area contributed by atoms with E-state index in [2.05, 4.69) is 0 Å². The summed E-state index contributed by atoms with van der Waals surface area (Å²) in [5.74, 6) is -0.779. The number of anilines is 6. The molecule has 8 aromatic rings. The van der Waals surface area contributed by atoms with Crippen LogP contribution in [0.1, 0.15) is 16.7 Å². The molecule has 0 aliphatic rings. The topological polar surface area (TPSA) is 19.6 Å². The predicted octanol–water partition coefficient (Wildman–Crippen LogP) is 13.5. The summed E-state index contributed by atoms with van der Waals surface area (Å²) >= 11 is 7.58. The van der Waals surface area contributed by atoms with Crippen molar-refractivity contribution in [2.24, 2.45) is 0 Å². The largest absolute Gasteiger partial charge is 0.456 e. The van der Waals surface area contributed by atoms with Gasteiger partial charge in [-0.15, -0.1) is 0 Å². The normalized spacial score (nSPS) is 11.5. The van der Waals surface area contributed by atoms with E-state index in [1.54, 1.807) is 12.1 Å². The number of para-hydroxylation sites is 3. The van der Waals surface area contributed by atoms with Crippen molar-refractivity contribution in [1.82, 2.24) is 0 Å². The molecule has 0 radical (unpaired) electrons. The van der Waals surface area contributed by atoms with Crippen LogP contribution in [0.2, 0.25) is 5.02 Å². The fourth-order valence-corrected chi connectivity index (χ4v) is 7.16. The number of hydrogen-bond acceptors (Lipinski definition) is 3. The van der Waals surface area contributed by atoms with Crippen LogP contribution in [0.5, 0.6) is 0 Å². The first-order valence-corrected chi connectivity index (χ1v) is 16.5. The Hall–Kier alpha value is -5.65. The lowest BCUT2D eigenvalue weighted by Gasteiger charge is -2.33. The summed E-state index contributed by atoms with van der Waals surface area (Å²) in [7, 11) is 0. The molecule has 0 aliphatic heterocycles. The van der Waals surface area contributed by atoms with E-state index in [1.165, 1.54) is 12.1 Å². The molecular weight excluding hydrogens is 634 g/mol. The molecule has 0 saturated carbocycles. The van der Waals surface area contributed by atoms with Gasteiger partial charge < -0.3 is 14.2 Å². The first-order valence-electron chi connectivity index (χ1n) is 16.1. The molecule has 0 atom stereocenters. The lowest BCUT2D eigenvalue weighted by molar-refractivity contribution is 0.627. The Morgan fingerprint density at radius 3 is 1.80 bits per heavy atom. The van der Waals surface area contributed by atoms with Gasteiger partial charge in [0, 0.05) is 21.8 Å². The van der Waals surface area contributed by atoms with Gasteiger partial charge in [-0.3, -0.25) is 0 Å². The Kier molecular flexibility index (Phi) is 7.58. The summed E-state index contributed by atoms with van der Waals surface area (Å²) < 4.78 is 38.3. The number of rotatable bonds is 6. The molecule has 0 amide bonds. The highest BCUT2D eigenvalue weighted by Gasteiger charge is 2.28. The highest BCUT2D eigenvalue weighted by Crippen LogP contribution is 2.50. The third-order valence-electron chi connectivity index (χ3n) is 9.11. The number of benzene rings is 7. The minimum absolute atomic E-state index is 0.334.